The van der Waals surface area contributed by atoms with Crippen LogP contribution in [0.15, 0.2) is 91.4 Å². The molecule has 6 rings (SSSR count). The van der Waals surface area contributed by atoms with Crippen molar-refractivity contribution in [3.63, 3.8) is 0 Å². The molecule has 3 aromatic heterocycles. The van der Waals surface area contributed by atoms with Gasteiger partial charge in [0.15, 0.2) is 11.5 Å². The van der Waals surface area contributed by atoms with Crippen LogP contribution in [0.25, 0.3) is 11.4 Å². The Labute approximate surface area is 693 Å². The number of nitrogens with two attached hydrogens (primary N) is 6. The molecule has 35 nitrogen and oxygen atoms in total. The molecule has 0 fully saturated rings. The second kappa shape index (κ2) is 52.3. The number of nitrogens with zero attached hydrogens (tertiary/aromatic N) is 14. The lowest BCUT2D eigenvalue weighted by Gasteiger charge is -2.35. The van der Waals surface area contributed by atoms with Gasteiger partial charge in [0.1, 0.15) is 18.8 Å². The van der Waals surface area contributed by atoms with Crippen molar-refractivity contribution in [2.45, 2.75) is 144 Å². The molecule has 11 amide bonds. The van der Waals surface area contributed by atoms with Crippen LogP contribution in [0.3, 0.4) is 0 Å². The lowest BCUT2D eigenvalue weighted by Crippen LogP contribution is -2.53. The van der Waals surface area contributed by atoms with Crippen molar-refractivity contribution in [3.05, 3.63) is 119 Å². The van der Waals surface area contributed by atoms with E-state index in [1.54, 1.807) is 72.7 Å². The average Bonchev–Trinajstić information content (AvgIpc) is 1.20. The van der Waals surface area contributed by atoms with Gasteiger partial charge in [0, 0.05) is 76.9 Å². The van der Waals surface area contributed by atoms with Crippen LogP contribution in [-0.2, 0) is 67.6 Å². The number of pyridine rings is 2. The summed E-state index contributed by atoms with van der Waals surface area (Å²) in [7, 11) is 0. The fraction of sp³-hybridized carbons (Fsp3) is 0.578. The van der Waals surface area contributed by atoms with Crippen molar-refractivity contribution in [1.82, 2.24) is 79.7 Å². The van der Waals surface area contributed by atoms with Crippen molar-refractivity contribution in [3.8, 4) is 22.9 Å². The zero-order valence-electron chi connectivity index (χ0n) is 70.0. The van der Waals surface area contributed by atoms with E-state index in [2.05, 4.69) is 30.9 Å². The Hall–Kier alpha value is -10.6. The van der Waals surface area contributed by atoms with Crippen LogP contribution in [0.2, 0.25) is 0 Å². The van der Waals surface area contributed by atoms with Gasteiger partial charge >= 0.3 is 0 Å². The zero-order valence-corrected chi connectivity index (χ0v) is 70.0. The third kappa shape index (κ3) is 33.8. The molecule has 0 saturated heterocycles. The van der Waals surface area contributed by atoms with Crippen LogP contribution in [0.1, 0.15) is 150 Å². The maximum Gasteiger partial charge on any atom is 0.251 e. The van der Waals surface area contributed by atoms with Gasteiger partial charge in [-0.15, -0.1) is 5.10 Å². The summed E-state index contributed by atoms with van der Waals surface area (Å²) in [6, 6.07) is 20.5. The van der Waals surface area contributed by atoms with Crippen LogP contribution in [0.4, 0.5) is 0 Å². The molecule has 118 heavy (non-hydrogen) atoms. The number of rotatable bonds is 57. The molecule has 1 aliphatic rings. The molecule has 4 heterocycles. The summed E-state index contributed by atoms with van der Waals surface area (Å²) in [5.74, 6) is -5.56. The molecule has 5 aromatic rings. The van der Waals surface area contributed by atoms with Crippen LogP contribution in [0.5, 0.6) is 11.5 Å². The van der Waals surface area contributed by atoms with E-state index in [1.165, 1.54) is 44.1 Å². The topological polar surface area (TPSA) is 472 Å². The van der Waals surface area contributed by atoms with Crippen molar-refractivity contribution >= 4 is 65.0 Å². The molecule has 0 aliphatic carbocycles. The quantitative estimate of drug-likeness (QED) is 0.0258. The molecule has 0 radical (unpaired) electrons. The number of carbonyl (C=O) groups is 11. The van der Waals surface area contributed by atoms with Gasteiger partial charge in [-0.05, 0) is 195 Å². The highest BCUT2D eigenvalue weighted by atomic mass is 16.7. The molecule has 2 aromatic carbocycles. The highest BCUT2D eigenvalue weighted by Crippen LogP contribution is 2.33. The predicted molar refractivity (Wildman–Crippen MR) is 446 cm³/mol. The SMILES string of the molecule is Cc1ccnc(-c2cc(C(=O)NCCCCn3cc(CN(CC(N)=O)C(=O)CN(CCCCN)C(=O)CN(CCCCN)C(=O)CN(CC(C)C)C(=O)CN(CCCCN)C(=O)CN(Cc4ccc5c(c4)OCO5)C(=O)CN(C(=O)CN(CCCCN)C(=O)CN(CC(C)C)C(=O)CNCCCCN)C(C)c4ccccc4)nn3)ccn2)c1. The number of aromatic nitrogens is 5. The standard InChI is InChI=1S/C83H128N22O13/c1-61(2)46-100(74(107)45-90-33-15-10-28-84)55-76(109)99(40-20-14-32-88)58-82(115)105(64(6)66-22-8-7-9-23-66)59-81(114)102(48-65-24-25-71-72(43-65)118-60-117-71)57-78(111)98(39-19-13-31-87)53-79(112)101(47-62(3)4)56-77(110)96(37-17-11-29-85)52-75(108)97(38-18-12-30-86)54-80(113)103(51-73(89)106)49-68-50-104(95-94-68)41-21-16-34-93-83(116)67-27-36-92-70(44-67)69-42-63(5)26-35-91-69/h7-9,22-27,35-36,42-44,50,61-62,64,90H,10-21,28-34,37-41,45-49,51-60,84-88H2,1-6H3,(H2,89,106)(H,93,116). The molecule has 1 aliphatic heterocycles. The largest absolute Gasteiger partial charge is 0.454 e. The number of unbranched alkanes of at least 4 members (excludes halogenated alkanes) is 6. The van der Waals surface area contributed by atoms with Gasteiger partial charge < -0.3 is 98.6 Å². The minimum absolute atomic E-state index is 0.00210. The highest BCUT2D eigenvalue weighted by molar-refractivity contribution is 5.96. The van der Waals surface area contributed by atoms with Crippen LogP contribution in [0, 0.1) is 18.8 Å². The fourth-order valence-electron chi connectivity index (χ4n) is 13.2. The van der Waals surface area contributed by atoms with E-state index in [1.807, 2.05) is 65.0 Å². The van der Waals surface area contributed by atoms with E-state index in [4.69, 9.17) is 43.9 Å². The summed E-state index contributed by atoms with van der Waals surface area (Å²) in [5.41, 5.74) is 39.4. The van der Waals surface area contributed by atoms with E-state index in [-0.39, 0.29) is 116 Å². The van der Waals surface area contributed by atoms with Crippen LogP contribution in [-0.4, -0.2) is 291 Å². The number of fused-ring (bicyclic) bond motifs is 1. The first kappa shape index (κ1) is 96.2. The Morgan fingerprint density at radius 3 is 1.47 bits per heavy atom. The molecule has 648 valence electrons. The normalized spacial score (nSPS) is 11.8. The van der Waals surface area contributed by atoms with Gasteiger partial charge in [0.05, 0.1) is 82.5 Å². The molecule has 0 bridgehead atoms. The van der Waals surface area contributed by atoms with Gasteiger partial charge in [-0.25, -0.2) is 0 Å². The molecular weight excluding hydrogens is 1510 g/mol. The molecule has 0 spiro atoms. The number of carbonyl (C=O) groups excluding carboxylic acids is 11. The lowest BCUT2D eigenvalue weighted by atomic mass is 10.1. The van der Waals surface area contributed by atoms with E-state index < -0.39 is 112 Å². The Morgan fingerprint density at radius 1 is 0.466 bits per heavy atom. The number of amides is 11. The zero-order chi connectivity index (χ0) is 85.9. The van der Waals surface area contributed by atoms with E-state index in [9.17, 15) is 33.6 Å². The van der Waals surface area contributed by atoms with Crippen molar-refractivity contribution in [2.75, 3.05) is 157 Å². The first-order chi connectivity index (χ1) is 56.7. The summed E-state index contributed by atoms with van der Waals surface area (Å²) in [4.78, 5) is 180. The van der Waals surface area contributed by atoms with Crippen LogP contribution < -0.4 is 54.5 Å². The number of hydrogen-bond acceptors (Lipinski definition) is 23. The summed E-state index contributed by atoms with van der Waals surface area (Å²) in [6.45, 7) is 9.85. The monoisotopic (exact) mass is 1640 g/mol. The van der Waals surface area contributed by atoms with E-state index in [0.29, 0.717) is 142 Å². The first-order valence-electron chi connectivity index (χ1n) is 41.3. The highest BCUT2D eigenvalue weighted by Gasteiger charge is 2.35. The number of hydrogen-bond donors (Lipinski definition) is 8. The third-order valence-corrected chi connectivity index (χ3v) is 19.7. The molecular formula is C83H128N22O13. The first-order valence-corrected chi connectivity index (χ1v) is 41.3. The van der Waals surface area contributed by atoms with Crippen molar-refractivity contribution in [2.24, 2.45) is 46.2 Å². The maximum absolute atomic E-state index is 15.5. The summed E-state index contributed by atoms with van der Waals surface area (Å²) < 4.78 is 12.9. The second-order valence-electron chi connectivity index (χ2n) is 30.6. The Morgan fingerprint density at radius 2 is 0.932 bits per heavy atom. The Bertz CT molecular complexity index is 4000. The molecule has 0 saturated carbocycles. The Balaban J connectivity index is 1.20. The van der Waals surface area contributed by atoms with Crippen molar-refractivity contribution in [1.29, 1.82) is 0 Å². The molecule has 1 unspecified atom stereocenters. The van der Waals surface area contributed by atoms with Crippen LogP contribution >= 0.6 is 0 Å². The maximum atomic E-state index is 15.5. The summed E-state index contributed by atoms with van der Waals surface area (Å²) >= 11 is 0. The smallest absolute Gasteiger partial charge is 0.251 e. The molecule has 35 heteroatoms. The lowest BCUT2D eigenvalue weighted by molar-refractivity contribution is -0.150. The summed E-state index contributed by atoms with van der Waals surface area (Å²) in [6.07, 6.45) is 11.1. The number of benzene rings is 2. The van der Waals surface area contributed by atoms with Gasteiger partial charge in [-0.3, -0.25) is 67.4 Å². The number of primary amides is 1. The fourth-order valence-corrected chi connectivity index (χ4v) is 13.2. The van der Waals surface area contributed by atoms with E-state index >= 15 is 19.2 Å². The van der Waals surface area contributed by atoms with Gasteiger partial charge in [-0.2, -0.15) is 0 Å². The number of aryl methyl sites for hydroxylation is 2. The second-order valence-corrected chi connectivity index (χ2v) is 30.6. The van der Waals surface area contributed by atoms with Gasteiger partial charge in [0.2, 0.25) is 65.9 Å². The molecule has 14 N–H and O–H groups in total. The minimum atomic E-state index is -0.823. The van der Waals surface area contributed by atoms with Gasteiger partial charge in [0.25, 0.3) is 5.91 Å². The predicted octanol–water partition coefficient (Wildman–Crippen LogP) is 1.98. The van der Waals surface area contributed by atoms with Crippen molar-refractivity contribution < 1.29 is 62.2 Å². The number of ether oxygens (including phenoxy) is 2. The molecule has 1 atom stereocenters. The third-order valence-electron chi connectivity index (χ3n) is 19.7. The van der Waals surface area contributed by atoms with Gasteiger partial charge in [-0.1, -0.05) is 69.3 Å². The Kier molecular flexibility index (Phi) is 42.6. The average molecular weight is 1640 g/mol. The summed E-state index contributed by atoms with van der Waals surface area (Å²) in [5, 5.41) is 14.6. The van der Waals surface area contributed by atoms with E-state index in [0.717, 1.165) is 18.4 Å². The minimum Gasteiger partial charge on any atom is -0.454 e. The number of nitrogens with one attached hydrogen (secondary N) is 2.